The number of hydrogen-bond acceptors (Lipinski definition) is 2. The molecule has 0 spiro atoms. The summed E-state index contributed by atoms with van der Waals surface area (Å²) in [5, 5.41) is 11.9. The van der Waals surface area contributed by atoms with E-state index in [2.05, 4.69) is 5.32 Å². The van der Waals surface area contributed by atoms with Crippen molar-refractivity contribution in [3.8, 4) is 0 Å². The zero-order chi connectivity index (χ0) is 12.0. The van der Waals surface area contributed by atoms with E-state index in [4.69, 9.17) is 5.11 Å². The third-order valence-corrected chi connectivity index (χ3v) is 2.46. The molecule has 0 aliphatic rings. The molecular weight excluding hydrogens is 202 g/mol. The van der Waals surface area contributed by atoms with Crippen molar-refractivity contribution < 1.29 is 9.90 Å². The van der Waals surface area contributed by atoms with Crippen molar-refractivity contribution in [2.24, 2.45) is 0 Å². The molecule has 0 radical (unpaired) electrons. The SMILES string of the molecule is CNC(/C=C(\C)C(=O)O)Cc1ccccc1. The smallest absolute Gasteiger partial charge is 0.331 e. The average Bonchev–Trinajstić information content (AvgIpc) is 2.29. The van der Waals surface area contributed by atoms with Crippen LogP contribution in [0.2, 0.25) is 0 Å². The molecule has 0 saturated carbocycles. The molecule has 1 atom stereocenters. The fraction of sp³-hybridized carbons (Fsp3) is 0.308. The maximum Gasteiger partial charge on any atom is 0.331 e. The molecule has 1 rings (SSSR count). The lowest BCUT2D eigenvalue weighted by atomic mass is 10.0. The van der Waals surface area contributed by atoms with Crippen molar-refractivity contribution in [3.05, 3.63) is 47.5 Å². The number of likely N-dealkylation sites (N-methyl/N-ethyl adjacent to an activating group) is 1. The Hall–Kier alpha value is -1.61. The number of nitrogens with one attached hydrogen (secondary N) is 1. The Labute approximate surface area is 95.8 Å². The molecule has 1 unspecified atom stereocenters. The standard InChI is InChI=1S/C13H17NO2/c1-10(13(15)16)8-12(14-2)9-11-6-4-3-5-7-11/h3-8,12,14H,9H2,1-2H3,(H,15,16)/b10-8+. The largest absolute Gasteiger partial charge is 0.478 e. The van der Waals surface area contributed by atoms with Gasteiger partial charge in [0.1, 0.15) is 0 Å². The van der Waals surface area contributed by atoms with E-state index < -0.39 is 5.97 Å². The minimum atomic E-state index is -0.867. The van der Waals surface area contributed by atoms with E-state index in [9.17, 15) is 4.79 Å². The van der Waals surface area contributed by atoms with Crippen molar-refractivity contribution in [2.45, 2.75) is 19.4 Å². The first-order valence-corrected chi connectivity index (χ1v) is 5.26. The summed E-state index contributed by atoms with van der Waals surface area (Å²) in [5.41, 5.74) is 1.56. The lowest BCUT2D eigenvalue weighted by Gasteiger charge is -2.12. The summed E-state index contributed by atoms with van der Waals surface area (Å²) in [5.74, 6) is -0.867. The molecule has 86 valence electrons. The fourth-order valence-corrected chi connectivity index (χ4v) is 1.49. The van der Waals surface area contributed by atoms with Crippen LogP contribution in [-0.4, -0.2) is 24.2 Å². The van der Waals surface area contributed by atoms with Crippen molar-refractivity contribution in [3.63, 3.8) is 0 Å². The van der Waals surface area contributed by atoms with Gasteiger partial charge in [0.05, 0.1) is 0 Å². The molecule has 2 N–H and O–H groups in total. The Morgan fingerprint density at radius 1 is 1.44 bits per heavy atom. The summed E-state index contributed by atoms with van der Waals surface area (Å²) in [6.45, 7) is 1.61. The Bertz CT molecular complexity index is 371. The number of aliphatic carboxylic acids is 1. The van der Waals surface area contributed by atoms with Crippen LogP contribution < -0.4 is 5.32 Å². The molecule has 0 aromatic heterocycles. The molecule has 0 amide bonds. The molecular formula is C13H17NO2. The molecule has 1 aromatic rings. The average molecular weight is 219 g/mol. The quantitative estimate of drug-likeness (QED) is 0.743. The van der Waals surface area contributed by atoms with Crippen LogP contribution in [0.5, 0.6) is 0 Å². The highest BCUT2D eigenvalue weighted by atomic mass is 16.4. The van der Waals surface area contributed by atoms with E-state index in [1.165, 1.54) is 5.56 Å². The Balaban J connectivity index is 2.70. The van der Waals surface area contributed by atoms with Crippen molar-refractivity contribution in [1.29, 1.82) is 0 Å². The minimum absolute atomic E-state index is 0.0542. The van der Waals surface area contributed by atoms with E-state index in [1.54, 1.807) is 13.0 Å². The molecule has 1 aromatic carbocycles. The number of rotatable bonds is 5. The molecule has 0 bridgehead atoms. The first-order valence-electron chi connectivity index (χ1n) is 5.26. The first kappa shape index (κ1) is 12.5. The lowest BCUT2D eigenvalue weighted by molar-refractivity contribution is -0.132. The summed E-state index contributed by atoms with van der Waals surface area (Å²) in [7, 11) is 1.83. The van der Waals surface area contributed by atoms with E-state index in [0.717, 1.165) is 6.42 Å². The highest BCUT2D eigenvalue weighted by Gasteiger charge is 2.07. The number of benzene rings is 1. The molecule has 0 fully saturated rings. The maximum atomic E-state index is 10.7. The molecule has 0 saturated heterocycles. The summed E-state index contributed by atoms with van der Waals surface area (Å²) in [6.07, 6.45) is 2.54. The number of carboxylic acids is 1. The van der Waals surface area contributed by atoms with Crippen LogP contribution >= 0.6 is 0 Å². The minimum Gasteiger partial charge on any atom is -0.478 e. The van der Waals surface area contributed by atoms with Gasteiger partial charge in [-0.2, -0.15) is 0 Å². The van der Waals surface area contributed by atoms with Gasteiger partial charge in [-0.25, -0.2) is 4.79 Å². The van der Waals surface area contributed by atoms with Crippen molar-refractivity contribution >= 4 is 5.97 Å². The van der Waals surface area contributed by atoms with Gasteiger partial charge in [0.2, 0.25) is 0 Å². The van der Waals surface area contributed by atoms with Gasteiger partial charge in [0, 0.05) is 11.6 Å². The third-order valence-electron chi connectivity index (χ3n) is 2.46. The zero-order valence-electron chi connectivity index (χ0n) is 9.60. The van der Waals surface area contributed by atoms with Crippen LogP contribution in [-0.2, 0) is 11.2 Å². The molecule has 16 heavy (non-hydrogen) atoms. The number of carbonyl (C=O) groups is 1. The molecule has 0 aliphatic carbocycles. The second-order valence-electron chi connectivity index (χ2n) is 3.74. The zero-order valence-corrected chi connectivity index (χ0v) is 9.60. The Kier molecular flexibility index (Phi) is 4.73. The van der Waals surface area contributed by atoms with Gasteiger partial charge in [-0.15, -0.1) is 0 Å². The Morgan fingerprint density at radius 2 is 2.06 bits per heavy atom. The predicted molar refractivity (Wildman–Crippen MR) is 64.4 cm³/mol. The molecule has 3 nitrogen and oxygen atoms in total. The maximum absolute atomic E-state index is 10.7. The van der Waals surface area contributed by atoms with Gasteiger partial charge in [-0.3, -0.25) is 0 Å². The van der Waals surface area contributed by atoms with Gasteiger partial charge >= 0.3 is 5.97 Å². The van der Waals surface area contributed by atoms with Gasteiger partial charge in [0.25, 0.3) is 0 Å². The Morgan fingerprint density at radius 3 is 2.56 bits per heavy atom. The molecule has 0 aliphatic heterocycles. The van der Waals surface area contributed by atoms with Gasteiger partial charge in [0.15, 0.2) is 0 Å². The van der Waals surface area contributed by atoms with Crippen LogP contribution in [0.3, 0.4) is 0 Å². The van der Waals surface area contributed by atoms with Crippen LogP contribution in [0.15, 0.2) is 42.0 Å². The third kappa shape index (κ3) is 3.87. The summed E-state index contributed by atoms with van der Waals surface area (Å²) in [6, 6.07) is 10.1. The summed E-state index contributed by atoms with van der Waals surface area (Å²) >= 11 is 0. The lowest BCUT2D eigenvalue weighted by Crippen LogP contribution is -2.26. The summed E-state index contributed by atoms with van der Waals surface area (Å²) < 4.78 is 0. The van der Waals surface area contributed by atoms with Gasteiger partial charge < -0.3 is 10.4 Å². The van der Waals surface area contributed by atoms with E-state index in [-0.39, 0.29) is 6.04 Å². The highest BCUT2D eigenvalue weighted by molar-refractivity contribution is 5.85. The van der Waals surface area contributed by atoms with Gasteiger partial charge in [-0.05, 0) is 26.0 Å². The van der Waals surface area contributed by atoms with Crippen LogP contribution in [0, 0.1) is 0 Å². The van der Waals surface area contributed by atoms with Crippen LogP contribution in [0.25, 0.3) is 0 Å². The molecule has 0 heterocycles. The van der Waals surface area contributed by atoms with Gasteiger partial charge in [-0.1, -0.05) is 36.4 Å². The topological polar surface area (TPSA) is 49.3 Å². The monoisotopic (exact) mass is 219 g/mol. The van der Waals surface area contributed by atoms with E-state index in [0.29, 0.717) is 5.57 Å². The van der Waals surface area contributed by atoms with Crippen LogP contribution in [0.4, 0.5) is 0 Å². The van der Waals surface area contributed by atoms with Crippen molar-refractivity contribution in [1.82, 2.24) is 5.32 Å². The van der Waals surface area contributed by atoms with E-state index >= 15 is 0 Å². The second-order valence-corrected chi connectivity index (χ2v) is 3.74. The summed E-state index contributed by atoms with van der Waals surface area (Å²) in [4.78, 5) is 10.7. The highest BCUT2D eigenvalue weighted by Crippen LogP contribution is 2.06. The van der Waals surface area contributed by atoms with Crippen molar-refractivity contribution in [2.75, 3.05) is 7.05 Å². The fourth-order valence-electron chi connectivity index (χ4n) is 1.49. The number of carboxylic acid groups (broad SMARTS) is 1. The second kappa shape index (κ2) is 6.08. The first-order chi connectivity index (χ1) is 7.63. The normalized spacial score (nSPS) is 13.5. The predicted octanol–water partition coefficient (Wildman–Crippen LogP) is 1.85. The number of hydrogen-bond donors (Lipinski definition) is 2. The van der Waals surface area contributed by atoms with Crippen LogP contribution in [0.1, 0.15) is 12.5 Å². The van der Waals surface area contributed by atoms with E-state index in [1.807, 2.05) is 37.4 Å². The molecule has 3 heteroatoms.